The van der Waals surface area contributed by atoms with E-state index in [1.165, 1.54) is 12.3 Å². The highest BCUT2D eigenvalue weighted by atomic mass is 16.5. The average Bonchev–Trinajstić information content (AvgIpc) is 3.15. The van der Waals surface area contributed by atoms with Crippen LogP contribution in [0.25, 0.3) is 0 Å². The lowest BCUT2D eigenvalue weighted by Gasteiger charge is -2.19. The summed E-state index contributed by atoms with van der Waals surface area (Å²) in [5, 5.41) is 9.28. The number of pyridine rings is 2. The molecule has 26 heavy (non-hydrogen) atoms. The topological polar surface area (TPSA) is 75.5 Å². The molecule has 1 saturated carbocycles. The number of aromatic hydroxyl groups is 1. The lowest BCUT2D eigenvalue weighted by molar-refractivity contribution is 0.0931. The molecule has 136 valence electrons. The number of fused-ring (bicyclic) bond motifs is 1. The lowest BCUT2D eigenvalue weighted by atomic mass is 10.0. The van der Waals surface area contributed by atoms with Crippen LogP contribution in [0.1, 0.15) is 29.0 Å². The summed E-state index contributed by atoms with van der Waals surface area (Å²) in [4.78, 5) is 22.9. The van der Waals surface area contributed by atoms with Crippen LogP contribution in [0.4, 0.5) is 0 Å². The van der Waals surface area contributed by atoms with Crippen molar-refractivity contribution >= 4 is 5.78 Å². The quantitative estimate of drug-likeness (QED) is 0.832. The van der Waals surface area contributed by atoms with Crippen LogP contribution in [-0.4, -0.2) is 51.5 Å². The third-order valence-electron chi connectivity index (χ3n) is 5.44. The number of rotatable bonds is 5. The molecule has 1 N–H and O–H groups in total. The highest BCUT2D eigenvalue weighted by Gasteiger charge is 2.42. The van der Waals surface area contributed by atoms with Gasteiger partial charge < -0.3 is 9.84 Å². The number of carbonyl (C=O) groups is 1. The Hall–Kier alpha value is -2.47. The number of ketones is 1. The van der Waals surface area contributed by atoms with Crippen LogP contribution in [0.2, 0.25) is 0 Å². The minimum atomic E-state index is 0.00348. The van der Waals surface area contributed by atoms with Gasteiger partial charge in [-0.1, -0.05) is 0 Å². The number of aryl methyl sites for hydroxylation is 1. The van der Waals surface area contributed by atoms with Gasteiger partial charge in [0.05, 0.1) is 24.5 Å². The molecule has 0 amide bonds. The fourth-order valence-electron chi connectivity index (χ4n) is 4.18. The van der Waals surface area contributed by atoms with E-state index in [0.717, 1.165) is 37.4 Å². The molecule has 3 heterocycles. The lowest BCUT2D eigenvalue weighted by Crippen LogP contribution is -2.30. The second kappa shape index (κ2) is 7.03. The number of hydrogen-bond acceptors (Lipinski definition) is 6. The van der Waals surface area contributed by atoms with Gasteiger partial charge in [-0.05, 0) is 55.9 Å². The standard InChI is InChI=1S/C20H23N3O3/c1-13-20(3-2-6-21-13)26-17-7-14-10-23(11-15(14)8-17)12-19(25)18-5-4-16(24)9-22-18/h2-6,9,14-15,17,24H,7-8,10-12H2,1H3/t14-,15+,17-. The first kappa shape index (κ1) is 17.0. The van der Waals surface area contributed by atoms with E-state index < -0.39 is 0 Å². The Bertz CT molecular complexity index is 779. The van der Waals surface area contributed by atoms with Gasteiger partial charge in [-0.15, -0.1) is 0 Å². The molecule has 3 atom stereocenters. The van der Waals surface area contributed by atoms with Crippen LogP contribution in [0.15, 0.2) is 36.7 Å². The Labute approximate surface area is 152 Å². The van der Waals surface area contributed by atoms with Crippen LogP contribution >= 0.6 is 0 Å². The molecule has 0 aromatic carbocycles. The fraction of sp³-hybridized carbons (Fsp3) is 0.450. The zero-order valence-corrected chi connectivity index (χ0v) is 14.8. The van der Waals surface area contributed by atoms with E-state index in [-0.39, 0.29) is 17.6 Å². The highest BCUT2D eigenvalue weighted by Crippen LogP contribution is 2.40. The molecule has 2 aromatic rings. The molecule has 6 nitrogen and oxygen atoms in total. The first-order valence-electron chi connectivity index (χ1n) is 9.07. The number of ether oxygens (including phenoxy) is 1. The molecular formula is C20H23N3O3. The van der Waals surface area contributed by atoms with Gasteiger partial charge in [-0.3, -0.25) is 14.7 Å². The predicted molar refractivity (Wildman–Crippen MR) is 96.3 cm³/mol. The highest BCUT2D eigenvalue weighted by molar-refractivity contribution is 5.95. The van der Waals surface area contributed by atoms with E-state index in [1.807, 2.05) is 19.1 Å². The van der Waals surface area contributed by atoms with E-state index in [0.29, 0.717) is 24.1 Å². The van der Waals surface area contributed by atoms with Crippen molar-refractivity contribution in [1.29, 1.82) is 0 Å². The van der Waals surface area contributed by atoms with Crippen molar-refractivity contribution in [1.82, 2.24) is 14.9 Å². The number of likely N-dealkylation sites (tertiary alicyclic amines) is 1. The van der Waals surface area contributed by atoms with Gasteiger partial charge in [0, 0.05) is 19.3 Å². The van der Waals surface area contributed by atoms with Crippen molar-refractivity contribution < 1.29 is 14.6 Å². The van der Waals surface area contributed by atoms with Gasteiger partial charge in [0.25, 0.3) is 0 Å². The molecule has 0 bridgehead atoms. The Morgan fingerprint density at radius 1 is 1.23 bits per heavy atom. The van der Waals surface area contributed by atoms with E-state index in [2.05, 4.69) is 14.9 Å². The van der Waals surface area contributed by atoms with Crippen molar-refractivity contribution in [2.24, 2.45) is 11.8 Å². The summed E-state index contributed by atoms with van der Waals surface area (Å²) in [5.41, 5.74) is 1.34. The van der Waals surface area contributed by atoms with Gasteiger partial charge in [-0.25, -0.2) is 4.98 Å². The zero-order valence-electron chi connectivity index (χ0n) is 14.8. The van der Waals surface area contributed by atoms with Crippen molar-refractivity contribution in [2.75, 3.05) is 19.6 Å². The second-order valence-corrected chi connectivity index (χ2v) is 7.34. The number of hydrogen-bond donors (Lipinski definition) is 1. The summed E-state index contributed by atoms with van der Waals surface area (Å²) in [6.07, 6.45) is 5.39. The summed E-state index contributed by atoms with van der Waals surface area (Å²) >= 11 is 0. The summed E-state index contributed by atoms with van der Waals surface area (Å²) in [7, 11) is 0. The zero-order chi connectivity index (χ0) is 18.1. The van der Waals surface area contributed by atoms with Gasteiger partial charge in [0.1, 0.15) is 17.2 Å². The molecular weight excluding hydrogens is 330 g/mol. The van der Waals surface area contributed by atoms with E-state index in [4.69, 9.17) is 4.74 Å². The summed E-state index contributed by atoms with van der Waals surface area (Å²) in [6.45, 7) is 4.22. The van der Waals surface area contributed by atoms with Crippen LogP contribution in [-0.2, 0) is 0 Å². The van der Waals surface area contributed by atoms with E-state index in [9.17, 15) is 9.90 Å². The third kappa shape index (κ3) is 3.55. The molecule has 0 unspecified atom stereocenters. The first-order valence-corrected chi connectivity index (χ1v) is 9.07. The Balaban J connectivity index is 1.30. The predicted octanol–water partition coefficient (Wildman–Crippen LogP) is 2.46. The Kier molecular flexibility index (Phi) is 4.59. The van der Waals surface area contributed by atoms with Gasteiger partial charge in [-0.2, -0.15) is 0 Å². The van der Waals surface area contributed by atoms with Crippen molar-refractivity contribution in [3.05, 3.63) is 48.0 Å². The third-order valence-corrected chi connectivity index (χ3v) is 5.44. The number of Topliss-reactive ketones (excluding diaryl/α,β-unsaturated/α-hetero) is 1. The maximum Gasteiger partial charge on any atom is 0.195 e. The normalized spacial score (nSPS) is 25.2. The summed E-state index contributed by atoms with van der Waals surface area (Å²) in [5.74, 6) is 2.12. The largest absolute Gasteiger partial charge is 0.506 e. The number of carbonyl (C=O) groups excluding carboxylic acids is 1. The van der Waals surface area contributed by atoms with Gasteiger partial charge in [0.15, 0.2) is 5.78 Å². The molecule has 2 aromatic heterocycles. The van der Waals surface area contributed by atoms with Crippen molar-refractivity contribution in [3.63, 3.8) is 0 Å². The number of aromatic nitrogens is 2. The molecule has 4 rings (SSSR count). The molecule has 1 aliphatic carbocycles. The Morgan fingerprint density at radius 3 is 2.65 bits per heavy atom. The monoisotopic (exact) mass is 353 g/mol. The molecule has 0 radical (unpaired) electrons. The molecule has 2 aliphatic rings. The minimum absolute atomic E-state index is 0.00348. The smallest absolute Gasteiger partial charge is 0.195 e. The van der Waals surface area contributed by atoms with Crippen molar-refractivity contribution in [3.8, 4) is 11.5 Å². The van der Waals surface area contributed by atoms with E-state index in [1.54, 1.807) is 12.3 Å². The second-order valence-electron chi connectivity index (χ2n) is 7.34. The molecule has 0 spiro atoms. The fourth-order valence-corrected chi connectivity index (χ4v) is 4.18. The maximum atomic E-state index is 12.4. The molecule has 1 saturated heterocycles. The number of nitrogens with zero attached hydrogens (tertiary/aromatic N) is 3. The molecule has 6 heteroatoms. The Morgan fingerprint density at radius 2 is 2.00 bits per heavy atom. The molecule has 2 fully saturated rings. The summed E-state index contributed by atoms with van der Waals surface area (Å²) < 4.78 is 6.16. The molecule has 1 aliphatic heterocycles. The van der Waals surface area contributed by atoms with Crippen LogP contribution < -0.4 is 4.74 Å². The average molecular weight is 353 g/mol. The van der Waals surface area contributed by atoms with Crippen LogP contribution in [0, 0.1) is 18.8 Å². The minimum Gasteiger partial charge on any atom is -0.506 e. The maximum absolute atomic E-state index is 12.4. The van der Waals surface area contributed by atoms with Crippen LogP contribution in [0.5, 0.6) is 11.5 Å². The van der Waals surface area contributed by atoms with Gasteiger partial charge >= 0.3 is 0 Å². The van der Waals surface area contributed by atoms with Gasteiger partial charge in [0.2, 0.25) is 0 Å². The van der Waals surface area contributed by atoms with Crippen LogP contribution in [0.3, 0.4) is 0 Å². The van der Waals surface area contributed by atoms with Crippen molar-refractivity contribution in [2.45, 2.75) is 25.9 Å². The SMILES string of the molecule is Cc1ncccc1O[C@@H]1C[C@@H]2CN(CC(=O)c3ccc(O)cn3)C[C@@H]2C1. The first-order chi connectivity index (χ1) is 12.6. The summed E-state index contributed by atoms with van der Waals surface area (Å²) in [6, 6.07) is 6.96. The van der Waals surface area contributed by atoms with E-state index >= 15 is 0 Å².